The highest BCUT2D eigenvalue weighted by molar-refractivity contribution is 5.59. The van der Waals surface area contributed by atoms with Gasteiger partial charge in [-0.3, -0.25) is 0 Å². The SMILES string of the molecule is CC1(C)CCCCC1C1CNc2c(F)cc(F)cc21. The summed E-state index contributed by atoms with van der Waals surface area (Å²) >= 11 is 0. The van der Waals surface area contributed by atoms with E-state index in [1.54, 1.807) is 0 Å². The number of fused-ring (bicyclic) bond motifs is 1. The van der Waals surface area contributed by atoms with Gasteiger partial charge in [0.05, 0.1) is 5.69 Å². The van der Waals surface area contributed by atoms with Crippen LogP contribution in [0.4, 0.5) is 14.5 Å². The highest BCUT2D eigenvalue weighted by atomic mass is 19.1. The van der Waals surface area contributed by atoms with Crippen LogP contribution in [-0.2, 0) is 0 Å². The van der Waals surface area contributed by atoms with Crippen LogP contribution in [0.3, 0.4) is 0 Å². The first-order chi connectivity index (χ1) is 8.99. The Bertz CT molecular complexity index is 496. The zero-order chi connectivity index (χ0) is 13.6. The molecule has 2 unspecified atom stereocenters. The summed E-state index contributed by atoms with van der Waals surface area (Å²) in [7, 11) is 0. The van der Waals surface area contributed by atoms with Gasteiger partial charge in [0.2, 0.25) is 0 Å². The first kappa shape index (κ1) is 12.9. The van der Waals surface area contributed by atoms with Crippen molar-refractivity contribution in [3.8, 4) is 0 Å². The van der Waals surface area contributed by atoms with Crippen LogP contribution in [0.2, 0.25) is 0 Å². The number of hydrogen-bond donors (Lipinski definition) is 1. The smallest absolute Gasteiger partial charge is 0.149 e. The molecule has 3 rings (SSSR count). The van der Waals surface area contributed by atoms with Crippen LogP contribution in [0.5, 0.6) is 0 Å². The van der Waals surface area contributed by atoms with E-state index in [0.29, 0.717) is 11.6 Å². The average Bonchev–Trinajstić information content (AvgIpc) is 2.72. The first-order valence-corrected chi connectivity index (χ1v) is 7.22. The number of hydrogen-bond acceptors (Lipinski definition) is 1. The molecule has 1 saturated carbocycles. The molecule has 104 valence electrons. The highest BCUT2D eigenvalue weighted by Gasteiger charge is 2.41. The molecule has 1 heterocycles. The summed E-state index contributed by atoms with van der Waals surface area (Å²) in [6.45, 7) is 5.33. The van der Waals surface area contributed by atoms with Gasteiger partial charge in [0, 0.05) is 18.5 Å². The molecule has 19 heavy (non-hydrogen) atoms. The molecule has 0 aromatic heterocycles. The lowest BCUT2D eigenvalue weighted by molar-refractivity contribution is 0.116. The van der Waals surface area contributed by atoms with Crippen LogP contribution in [0.15, 0.2) is 12.1 Å². The van der Waals surface area contributed by atoms with Gasteiger partial charge in [0.1, 0.15) is 11.6 Å². The quantitative estimate of drug-likeness (QED) is 0.776. The largest absolute Gasteiger partial charge is 0.382 e. The van der Waals surface area contributed by atoms with Gasteiger partial charge in [-0.1, -0.05) is 26.7 Å². The van der Waals surface area contributed by atoms with Crippen molar-refractivity contribution in [1.29, 1.82) is 0 Å². The first-order valence-electron chi connectivity index (χ1n) is 7.22. The number of halogens is 2. The third-order valence-electron chi connectivity index (χ3n) is 5.06. The Morgan fingerprint density at radius 1 is 1.21 bits per heavy atom. The minimum atomic E-state index is -0.460. The zero-order valence-corrected chi connectivity index (χ0v) is 11.6. The average molecular weight is 265 g/mol. The molecular formula is C16H21F2N. The molecule has 1 aromatic rings. The normalized spacial score (nSPS) is 28.8. The predicted molar refractivity (Wildman–Crippen MR) is 73.3 cm³/mol. The Balaban J connectivity index is 1.98. The fourth-order valence-electron chi connectivity index (χ4n) is 4.02. The van der Waals surface area contributed by atoms with Gasteiger partial charge in [0.15, 0.2) is 0 Å². The summed E-state index contributed by atoms with van der Waals surface area (Å²) in [5.74, 6) is -0.156. The van der Waals surface area contributed by atoms with Gasteiger partial charge in [-0.05, 0) is 35.8 Å². The lowest BCUT2D eigenvalue weighted by atomic mass is 9.63. The summed E-state index contributed by atoms with van der Waals surface area (Å²) < 4.78 is 27.3. The van der Waals surface area contributed by atoms with Crippen molar-refractivity contribution in [3.63, 3.8) is 0 Å². The Kier molecular flexibility index (Phi) is 3.03. The molecule has 0 saturated heterocycles. The predicted octanol–water partition coefficient (Wildman–Crippen LogP) is 4.69. The van der Waals surface area contributed by atoms with Crippen molar-refractivity contribution in [1.82, 2.24) is 0 Å². The van der Waals surface area contributed by atoms with Gasteiger partial charge >= 0.3 is 0 Å². The summed E-state index contributed by atoms with van der Waals surface area (Å²) in [6.07, 6.45) is 4.88. The molecule has 1 N–H and O–H groups in total. The van der Waals surface area contributed by atoms with E-state index in [2.05, 4.69) is 19.2 Å². The molecule has 1 aliphatic heterocycles. The Morgan fingerprint density at radius 3 is 2.74 bits per heavy atom. The lowest BCUT2D eigenvalue weighted by Gasteiger charge is -2.42. The van der Waals surface area contributed by atoms with E-state index in [1.165, 1.54) is 25.3 Å². The molecule has 1 fully saturated rings. The number of anilines is 1. The second kappa shape index (κ2) is 4.46. The molecule has 1 nitrogen and oxygen atoms in total. The third kappa shape index (κ3) is 2.13. The van der Waals surface area contributed by atoms with Crippen LogP contribution < -0.4 is 5.32 Å². The van der Waals surface area contributed by atoms with E-state index in [-0.39, 0.29) is 11.3 Å². The van der Waals surface area contributed by atoms with Crippen molar-refractivity contribution in [2.75, 3.05) is 11.9 Å². The van der Waals surface area contributed by atoms with Crippen LogP contribution in [0, 0.1) is 23.0 Å². The molecule has 3 heteroatoms. The number of rotatable bonds is 1. The van der Waals surface area contributed by atoms with E-state index in [0.717, 1.165) is 24.6 Å². The molecular weight excluding hydrogens is 244 g/mol. The molecule has 0 radical (unpaired) electrons. The Hall–Kier alpha value is -1.12. The maximum atomic E-state index is 13.8. The lowest BCUT2D eigenvalue weighted by Crippen LogP contribution is -2.33. The van der Waals surface area contributed by atoms with Gasteiger partial charge in [0.25, 0.3) is 0 Å². The standard InChI is InChI=1S/C16H21F2N/c1-16(2)6-4-3-5-13(16)12-9-19-15-11(12)7-10(17)8-14(15)18/h7-8,12-13,19H,3-6,9H2,1-2H3. The second-order valence-corrected chi connectivity index (χ2v) is 6.68. The Morgan fingerprint density at radius 2 is 2.00 bits per heavy atom. The van der Waals surface area contributed by atoms with Crippen molar-refractivity contribution >= 4 is 5.69 Å². The monoisotopic (exact) mass is 265 g/mol. The summed E-state index contributed by atoms with van der Waals surface area (Å²) in [4.78, 5) is 0. The molecule has 0 amide bonds. The number of benzene rings is 1. The van der Waals surface area contributed by atoms with E-state index in [4.69, 9.17) is 0 Å². The van der Waals surface area contributed by atoms with Gasteiger partial charge < -0.3 is 5.32 Å². The maximum absolute atomic E-state index is 13.8. The van der Waals surface area contributed by atoms with Gasteiger partial charge in [-0.2, -0.15) is 0 Å². The minimum Gasteiger partial charge on any atom is -0.382 e. The van der Waals surface area contributed by atoms with Crippen LogP contribution in [0.25, 0.3) is 0 Å². The fraction of sp³-hybridized carbons (Fsp3) is 0.625. The van der Waals surface area contributed by atoms with Gasteiger partial charge in [-0.15, -0.1) is 0 Å². The molecule has 2 aliphatic rings. The summed E-state index contributed by atoms with van der Waals surface area (Å²) in [5.41, 5.74) is 1.62. The van der Waals surface area contributed by atoms with Crippen molar-refractivity contribution in [2.45, 2.75) is 45.4 Å². The summed E-state index contributed by atoms with van der Waals surface area (Å²) in [6, 6.07) is 2.49. The zero-order valence-electron chi connectivity index (χ0n) is 11.6. The maximum Gasteiger partial charge on any atom is 0.149 e. The van der Waals surface area contributed by atoms with Crippen molar-refractivity contribution in [3.05, 3.63) is 29.3 Å². The molecule has 2 atom stereocenters. The van der Waals surface area contributed by atoms with E-state index in [9.17, 15) is 8.78 Å². The second-order valence-electron chi connectivity index (χ2n) is 6.68. The van der Waals surface area contributed by atoms with Crippen LogP contribution in [-0.4, -0.2) is 6.54 Å². The fourth-order valence-corrected chi connectivity index (χ4v) is 4.02. The van der Waals surface area contributed by atoms with E-state index in [1.807, 2.05) is 0 Å². The topological polar surface area (TPSA) is 12.0 Å². The van der Waals surface area contributed by atoms with E-state index >= 15 is 0 Å². The van der Waals surface area contributed by atoms with E-state index < -0.39 is 11.6 Å². The highest BCUT2D eigenvalue weighted by Crippen LogP contribution is 2.51. The summed E-state index contributed by atoms with van der Waals surface area (Å²) in [5, 5.41) is 3.14. The number of nitrogens with one attached hydrogen (secondary N) is 1. The third-order valence-corrected chi connectivity index (χ3v) is 5.06. The Labute approximate surface area is 113 Å². The van der Waals surface area contributed by atoms with Gasteiger partial charge in [-0.25, -0.2) is 8.78 Å². The van der Waals surface area contributed by atoms with Crippen LogP contribution in [0.1, 0.15) is 51.0 Å². The minimum absolute atomic E-state index is 0.246. The molecule has 1 aliphatic carbocycles. The molecule has 0 spiro atoms. The van der Waals surface area contributed by atoms with Crippen molar-refractivity contribution < 1.29 is 8.78 Å². The molecule has 1 aromatic carbocycles. The van der Waals surface area contributed by atoms with Crippen molar-refractivity contribution in [2.24, 2.45) is 11.3 Å². The molecule has 0 bridgehead atoms. The van der Waals surface area contributed by atoms with Crippen LogP contribution >= 0.6 is 0 Å².